The average Bonchev–Trinajstić information content (AvgIpc) is 3.05. The van der Waals surface area contributed by atoms with Crippen LogP contribution in [0.1, 0.15) is 23.1 Å². The van der Waals surface area contributed by atoms with E-state index in [1.54, 1.807) is 26.6 Å². The number of hydrogen-bond donors (Lipinski definition) is 0. The summed E-state index contributed by atoms with van der Waals surface area (Å²) in [5, 5.41) is 20.3. The molecule has 28 heavy (non-hydrogen) atoms. The number of likely N-dealkylation sites (N-methyl/N-ethyl adjacent to an activating group) is 1. The highest BCUT2D eigenvalue weighted by Crippen LogP contribution is 2.55. The van der Waals surface area contributed by atoms with E-state index in [-0.39, 0.29) is 5.92 Å². The van der Waals surface area contributed by atoms with Gasteiger partial charge in [-0.3, -0.25) is 9.88 Å². The Labute approximate surface area is 164 Å². The van der Waals surface area contributed by atoms with Crippen molar-refractivity contribution in [2.24, 2.45) is 5.41 Å². The molecule has 1 aromatic carbocycles. The standard InChI is InChI=1S/C21H22N4O3/c1-25-11-16(15-8-17(26-2)19(28-4)18(9-15)27-3)21(12-22,13-23)20(25)14-6-5-7-24-10-14/h5-10,16,20H,11H2,1-4H3/t16-,20+/m0/s1. The summed E-state index contributed by atoms with van der Waals surface area (Å²) < 4.78 is 16.3. The number of pyridine rings is 1. The molecule has 0 amide bonds. The highest BCUT2D eigenvalue weighted by molar-refractivity contribution is 5.56. The molecule has 0 saturated carbocycles. The molecule has 2 aromatic rings. The van der Waals surface area contributed by atoms with E-state index in [0.717, 1.165) is 11.1 Å². The van der Waals surface area contributed by atoms with Crippen LogP contribution in [0.2, 0.25) is 0 Å². The van der Waals surface area contributed by atoms with Crippen molar-refractivity contribution < 1.29 is 14.2 Å². The summed E-state index contributed by atoms with van der Waals surface area (Å²) in [5.41, 5.74) is 0.335. The van der Waals surface area contributed by atoms with Gasteiger partial charge in [0.05, 0.1) is 39.5 Å². The first kappa shape index (κ1) is 19.5. The Morgan fingerprint density at radius 1 is 1.07 bits per heavy atom. The molecule has 0 aliphatic carbocycles. The lowest BCUT2D eigenvalue weighted by Crippen LogP contribution is -2.30. The molecule has 7 heteroatoms. The molecule has 1 aliphatic heterocycles. The Kier molecular flexibility index (Phi) is 5.39. The number of likely N-dealkylation sites (tertiary alicyclic amines) is 1. The monoisotopic (exact) mass is 378 g/mol. The van der Waals surface area contributed by atoms with Gasteiger partial charge >= 0.3 is 0 Å². The molecule has 3 rings (SSSR count). The van der Waals surface area contributed by atoms with Crippen LogP contribution in [0.25, 0.3) is 0 Å². The van der Waals surface area contributed by atoms with Gasteiger partial charge in [0.15, 0.2) is 16.9 Å². The third-order valence-electron chi connectivity index (χ3n) is 5.35. The minimum absolute atomic E-state index is 0.369. The van der Waals surface area contributed by atoms with Gasteiger partial charge in [-0.15, -0.1) is 0 Å². The summed E-state index contributed by atoms with van der Waals surface area (Å²) in [6, 6.07) is 11.6. The third kappa shape index (κ3) is 2.90. The molecule has 7 nitrogen and oxygen atoms in total. The van der Waals surface area contributed by atoms with Gasteiger partial charge in [0, 0.05) is 24.9 Å². The van der Waals surface area contributed by atoms with Gasteiger partial charge in [-0.25, -0.2) is 0 Å². The smallest absolute Gasteiger partial charge is 0.203 e. The first-order valence-corrected chi connectivity index (χ1v) is 8.78. The fraction of sp³-hybridized carbons (Fsp3) is 0.381. The molecule has 0 bridgehead atoms. The fourth-order valence-electron chi connectivity index (χ4n) is 4.10. The van der Waals surface area contributed by atoms with E-state index in [9.17, 15) is 10.5 Å². The van der Waals surface area contributed by atoms with Crippen molar-refractivity contribution in [3.05, 3.63) is 47.8 Å². The number of methoxy groups -OCH3 is 3. The number of ether oxygens (including phenoxy) is 3. The molecule has 0 N–H and O–H groups in total. The van der Waals surface area contributed by atoms with Crippen LogP contribution in [0.4, 0.5) is 0 Å². The lowest BCUT2D eigenvalue weighted by atomic mass is 9.70. The van der Waals surface area contributed by atoms with Crippen LogP contribution in [0, 0.1) is 28.1 Å². The van der Waals surface area contributed by atoms with Gasteiger partial charge in [0.1, 0.15) is 0 Å². The summed E-state index contributed by atoms with van der Waals surface area (Å²) in [6.07, 6.45) is 3.39. The Bertz CT molecular complexity index is 894. The third-order valence-corrected chi connectivity index (χ3v) is 5.35. The molecule has 0 unspecified atom stereocenters. The molecular formula is C21H22N4O3. The van der Waals surface area contributed by atoms with Crippen LogP contribution in [0.3, 0.4) is 0 Å². The topological polar surface area (TPSA) is 91.4 Å². The van der Waals surface area contributed by atoms with Crippen LogP contribution >= 0.6 is 0 Å². The second kappa shape index (κ2) is 7.75. The van der Waals surface area contributed by atoms with Crippen molar-refractivity contribution in [1.82, 2.24) is 9.88 Å². The quantitative estimate of drug-likeness (QED) is 0.790. The fourth-order valence-corrected chi connectivity index (χ4v) is 4.10. The van der Waals surface area contributed by atoms with Crippen LogP contribution < -0.4 is 14.2 Å². The summed E-state index contributed by atoms with van der Waals surface area (Å²) in [4.78, 5) is 6.20. The Hall–Kier alpha value is -3.29. The number of rotatable bonds is 5. The molecule has 1 aliphatic rings. The van der Waals surface area contributed by atoms with Gasteiger partial charge in [0.2, 0.25) is 5.75 Å². The lowest BCUT2D eigenvalue weighted by Gasteiger charge is -2.29. The Morgan fingerprint density at radius 3 is 2.18 bits per heavy atom. The summed E-state index contributed by atoms with van der Waals surface area (Å²) >= 11 is 0. The van der Waals surface area contributed by atoms with E-state index < -0.39 is 11.5 Å². The molecule has 1 fully saturated rings. The zero-order valence-corrected chi connectivity index (χ0v) is 16.3. The van der Waals surface area contributed by atoms with Crippen LogP contribution in [-0.2, 0) is 0 Å². The molecular weight excluding hydrogens is 356 g/mol. The highest BCUT2D eigenvalue weighted by atomic mass is 16.5. The predicted octanol–water partition coefficient (Wildman–Crippen LogP) is 2.91. The number of aromatic nitrogens is 1. The van der Waals surface area contributed by atoms with E-state index in [4.69, 9.17) is 14.2 Å². The van der Waals surface area contributed by atoms with Crippen molar-refractivity contribution in [3.8, 4) is 29.4 Å². The Morgan fingerprint density at radius 2 is 1.71 bits per heavy atom. The van der Waals surface area contributed by atoms with E-state index in [2.05, 4.69) is 17.1 Å². The van der Waals surface area contributed by atoms with E-state index in [0.29, 0.717) is 23.8 Å². The van der Waals surface area contributed by atoms with Crippen molar-refractivity contribution in [2.75, 3.05) is 34.9 Å². The largest absolute Gasteiger partial charge is 0.493 e. The van der Waals surface area contributed by atoms with Crippen molar-refractivity contribution >= 4 is 0 Å². The van der Waals surface area contributed by atoms with Crippen LogP contribution in [-0.4, -0.2) is 44.8 Å². The first-order valence-electron chi connectivity index (χ1n) is 8.78. The van der Waals surface area contributed by atoms with E-state index in [1.807, 2.05) is 36.2 Å². The Balaban J connectivity index is 2.17. The van der Waals surface area contributed by atoms with Gasteiger partial charge in [-0.2, -0.15) is 10.5 Å². The van der Waals surface area contributed by atoms with Gasteiger partial charge in [0.25, 0.3) is 0 Å². The maximum Gasteiger partial charge on any atom is 0.203 e. The zero-order chi connectivity index (χ0) is 20.3. The second-order valence-electron chi connectivity index (χ2n) is 6.73. The molecule has 1 aromatic heterocycles. The number of nitriles is 2. The van der Waals surface area contributed by atoms with Crippen LogP contribution in [0.5, 0.6) is 17.2 Å². The minimum Gasteiger partial charge on any atom is -0.493 e. The summed E-state index contributed by atoms with van der Waals surface area (Å²) in [5.74, 6) is 1.10. The van der Waals surface area contributed by atoms with Gasteiger partial charge in [-0.1, -0.05) is 6.07 Å². The van der Waals surface area contributed by atoms with Crippen molar-refractivity contribution in [2.45, 2.75) is 12.0 Å². The second-order valence-corrected chi connectivity index (χ2v) is 6.73. The summed E-state index contributed by atoms with van der Waals surface area (Å²) in [6.45, 7) is 0.527. The molecule has 2 atom stereocenters. The first-order chi connectivity index (χ1) is 13.6. The minimum atomic E-state index is -1.29. The molecule has 0 spiro atoms. The van der Waals surface area contributed by atoms with E-state index >= 15 is 0 Å². The maximum atomic E-state index is 10.1. The number of hydrogen-bond acceptors (Lipinski definition) is 7. The van der Waals surface area contributed by atoms with Gasteiger partial charge in [-0.05, 0) is 36.4 Å². The molecule has 2 heterocycles. The number of nitrogens with zero attached hydrogens (tertiary/aromatic N) is 4. The SMILES string of the molecule is COc1cc([C@@H]2CN(C)[C@H](c3cccnc3)C2(C#N)C#N)cc(OC)c1OC. The predicted molar refractivity (Wildman–Crippen MR) is 102 cm³/mol. The maximum absolute atomic E-state index is 10.1. The van der Waals surface area contributed by atoms with Crippen LogP contribution in [0.15, 0.2) is 36.7 Å². The molecule has 0 radical (unpaired) electrons. The lowest BCUT2D eigenvalue weighted by molar-refractivity contribution is 0.267. The van der Waals surface area contributed by atoms with E-state index in [1.165, 1.54) is 7.11 Å². The average molecular weight is 378 g/mol. The van der Waals surface area contributed by atoms with Crippen molar-refractivity contribution in [1.29, 1.82) is 10.5 Å². The highest BCUT2D eigenvalue weighted by Gasteiger charge is 2.56. The number of benzene rings is 1. The zero-order valence-electron chi connectivity index (χ0n) is 16.3. The van der Waals surface area contributed by atoms with Gasteiger partial charge < -0.3 is 14.2 Å². The summed E-state index contributed by atoms with van der Waals surface area (Å²) in [7, 11) is 6.54. The normalized spacial score (nSPS) is 20.8. The van der Waals surface area contributed by atoms with Crippen molar-refractivity contribution in [3.63, 3.8) is 0 Å². The molecule has 144 valence electrons. The molecule has 1 saturated heterocycles.